The van der Waals surface area contributed by atoms with Crippen molar-refractivity contribution < 1.29 is 9.90 Å². The maximum absolute atomic E-state index is 10.2. The highest BCUT2D eigenvalue weighted by molar-refractivity contribution is 6.30. The number of nitrogens with two attached hydrogens (primary N) is 1. The monoisotopic (exact) mass is 209 g/mol. The highest BCUT2D eigenvalue weighted by Gasteiger charge is 1.96. The number of halogens is 1. The first-order chi connectivity index (χ1) is 6.59. The Bertz CT molecular complexity index is 418. The van der Waals surface area contributed by atoms with E-state index in [9.17, 15) is 4.79 Å². The molecule has 72 valence electrons. The molecule has 0 aromatic heterocycles. The highest BCUT2D eigenvalue weighted by atomic mass is 35.5. The number of aliphatic carboxylic acids is 1. The summed E-state index contributed by atoms with van der Waals surface area (Å²) < 4.78 is 0. The molecule has 1 rings (SSSR count). The van der Waals surface area contributed by atoms with Crippen molar-refractivity contribution in [3.8, 4) is 11.8 Å². The molecule has 0 aliphatic carbocycles. The Balaban J connectivity index is 2.88. The largest absolute Gasteiger partial charge is 0.481 e. The number of rotatable bonds is 1. The highest BCUT2D eigenvalue weighted by Crippen LogP contribution is 2.16. The van der Waals surface area contributed by atoms with E-state index < -0.39 is 5.97 Å². The van der Waals surface area contributed by atoms with Crippen LogP contribution in [0.4, 0.5) is 5.69 Å². The zero-order chi connectivity index (χ0) is 10.6. The van der Waals surface area contributed by atoms with Crippen molar-refractivity contribution in [1.29, 1.82) is 0 Å². The lowest BCUT2D eigenvalue weighted by Crippen LogP contribution is -1.92. The lowest BCUT2D eigenvalue weighted by Gasteiger charge is -1.97. The lowest BCUT2D eigenvalue weighted by molar-refractivity contribution is -0.135. The second-order valence-electron chi connectivity index (χ2n) is 2.60. The van der Waals surface area contributed by atoms with Gasteiger partial charge in [0, 0.05) is 16.3 Å². The molecule has 0 atom stereocenters. The van der Waals surface area contributed by atoms with Gasteiger partial charge < -0.3 is 10.8 Å². The topological polar surface area (TPSA) is 63.3 Å². The van der Waals surface area contributed by atoms with Crippen molar-refractivity contribution in [2.75, 3.05) is 5.73 Å². The molecule has 0 aliphatic rings. The number of hydrogen-bond donors (Lipinski definition) is 2. The summed E-state index contributed by atoms with van der Waals surface area (Å²) in [6.45, 7) is 0. The molecule has 0 unspecified atom stereocenters. The van der Waals surface area contributed by atoms with Crippen LogP contribution in [0, 0.1) is 11.8 Å². The number of nitrogen functional groups attached to an aromatic ring is 1. The van der Waals surface area contributed by atoms with Crippen LogP contribution in [0.5, 0.6) is 0 Å². The van der Waals surface area contributed by atoms with E-state index >= 15 is 0 Å². The number of anilines is 1. The van der Waals surface area contributed by atoms with Gasteiger partial charge in [0.1, 0.15) is 6.42 Å². The van der Waals surface area contributed by atoms with E-state index in [-0.39, 0.29) is 6.42 Å². The van der Waals surface area contributed by atoms with Crippen molar-refractivity contribution in [2.45, 2.75) is 6.42 Å². The Morgan fingerprint density at radius 3 is 2.93 bits per heavy atom. The van der Waals surface area contributed by atoms with Gasteiger partial charge in [0.15, 0.2) is 0 Å². The summed E-state index contributed by atoms with van der Waals surface area (Å²) in [6, 6.07) is 4.89. The van der Waals surface area contributed by atoms with E-state index in [1.165, 1.54) is 0 Å². The molecule has 14 heavy (non-hydrogen) atoms. The fraction of sp³-hybridized carbons (Fsp3) is 0.100. The van der Waals surface area contributed by atoms with E-state index in [1.54, 1.807) is 18.2 Å². The van der Waals surface area contributed by atoms with E-state index in [4.69, 9.17) is 22.4 Å². The molecule has 3 nitrogen and oxygen atoms in total. The summed E-state index contributed by atoms with van der Waals surface area (Å²) in [6.07, 6.45) is -0.202. The summed E-state index contributed by atoms with van der Waals surface area (Å²) >= 11 is 5.72. The SMILES string of the molecule is Nc1ccc(Cl)cc1C#CCC(=O)O. The average molecular weight is 210 g/mol. The molecule has 0 heterocycles. The Morgan fingerprint density at radius 1 is 1.57 bits per heavy atom. The Kier molecular flexibility index (Phi) is 3.38. The second-order valence-corrected chi connectivity index (χ2v) is 3.04. The minimum absolute atomic E-state index is 0.202. The van der Waals surface area contributed by atoms with Gasteiger partial charge in [0.2, 0.25) is 0 Å². The number of benzene rings is 1. The Morgan fingerprint density at radius 2 is 2.29 bits per heavy atom. The van der Waals surface area contributed by atoms with Crippen molar-refractivity contribution >= 4 is 23.3 Å². The van der Waals surface area contributed by atoms with Crippen molar-refractivity contribution in [3.63, 3.8) is 0 Å². The quantitative estimate of drug-likeness (QED) is 0.547. The van der Waals surface area contributed by atoms with Crippen LogP contribution in [0.3, 0.4) is 0 Å². The molecule has 0 amide bonds. The molecule has 1 aromatic carbocycles. The maximum Gasteiger partial charge on any atom is 0.315 e. The molecule has 0 saturated carbocycles. The van der Waals surface area contributed by atoms with Gasteiger partial charge in [-0.05, 0) is 18.2 Å². The van der Waals surface area contributed by atoms with Gasteiger partial charge in [-0.15, -0.1) is 0 Å². The number of carboxylic acids is 1. The van der Waals surface area contributed by atoms with Crippen molar-refractivity contribution in [2.24, 2.45) is 0 Å². The fourth-order valence-electron chi connectivity index (χ4n) is 0.852. The first-order valence-corrected chi connectivity index (χ1v) is 4.23. The second kappa shape index (κ2) is 4.54. The minimum Gasteiger partial charge on any atom is -0.481 e. The number of hydrogen-bond acceptors (Lipinski definition) is 2. The van der Waals surface area contributed by atoms with Gasteiger partial charge in [-0.2, -0.15) is 0 Å². The van der Waals surface area contributed by atoms with Crippen LogP contribution >= 0.6 is 11.6 Å². The lowest BCUT2D eigenvalue weighted by atomic mass is 10.2. The molecule has 0 radical (unpaired) electrons. The van der Waals surface area contributed by atoms with Crippen LogP contribution in [-0.2, 0) is 4.79 Å². The third-order valence-electron chi connectivity index (χ3n) is 1.48. The standard InChI is InChI=1S/C10H8ClNO2/c11-8-4-5-9(12)7(6-8)2-1-3-10(13)14/h4-6H,3,12H2,(H,13,14). The third kappa shape index (κ3) is 3.00. The molecular weight excluding hydrogens is 202 g/mol. The van der Waals surface area contributed by atoms with E-state index in [1.807, 2.05) is 0 Å². The molecular formula is C10H8ClNO2. The molecule has 1 aromatic rings. The molecule has 0 aliphatic heterocycles. The summed E-state index contributed by atoms with van der Waals surface area (Å²) in [5.41, 5.74) is 6.65. The summed E-state index contributed by atoms with van der Waals surface area (Å²) in [4.78, 5) is 10.2. The van der Waals surface area contributed by atoms with E-state index in [0.29, 0.717) is 16.3 Å². The predicted octanol–water partition coefficient (Wildman–Crippen LogP) is 1.75. The fourth-order valence-corrected chi connectivity index (χ4v) is 1.02. The van der Waals surface area contributed by atoms with Gasteiger partial charge in [-0.3, -0.25) is 4.79 Å². The van der Waals surface area contributed by atoms with Gasteiger partial charge in [0.05, 0.1) is 0 Å². The molecule has 0 spiro atoms. The molecule has 0 fully saturated rings. The Hall–Kier alpha value is -1.66. The molecule has 0 bridgehead atoms. The normalized spacial score (nSPS) is 8.93. The first kappa shape index (κ1) is 10.4. The molecule has 0 saturated heterocycles. The van der Waals surface area contributed by atoms with Crippen LogP contribution in [0.1, 0.15) is 12.0 Å². The van der Waals surface area contributed by atoms with Crippen LogP contribution in [0.2, 0.25) is 5.02 Å². The summed E-state index contributed by atoms with van der Waals surface area (Å²) in [7, 11) is 0. The minimum atomic E-state index is -0.960. The average Bonchev–Trinajstić information content (AvgIpc) is 2.10. The van der Waals surface area contributed by atoms with E-state index in [2.05, 4.69) is 11.8 Å². The van der Waals surface area contributed by atoms with Crippen molar-refractivity contribution in [3.05, 3.63) is 28.8 Å². The maximum atomic E-state index is 10.2. The van der Waals surface area contributed by atoms with Gasteiger partial charge in [-0.25, -0.2) is 0 Å². The van der Waals surface area contributed by atoms with Crippen LogP contribution < -0.4 is 5.73 Å². The smallest absolute Gasteiger partial charge is 0.315 e. The molecule has 3 N–H and O–H groups in total. The van der Waals surface area contributed by atoms with Crippen molar-refractivity contribution in [1.82, 2.24) is 0 Å². The predicted molar refractivity (Wildman–Crippen MR) is 55.0 cm³/mol. The summed E-state index contributed by atoms with van der Waals surface area (Å²) in [5.74, 6) is 4.17. The van der Waals surface area contributed by atoms with Crippen LogP contribution in [0.25, 0.3) is 0 Å². The van der Waals surface area contributed by atoms with Gasteiger partial charge >= 0.3 is 5.97 Å². The van der Waals surface area contributed by atoms with E-state index in [0.717, 1.165) is 0 Å². The first-order valence-electron chi connectivity index (χ1n) is 3.85. The number of carbonyl (C=O) groups is 1. The Labute approximate surface area is 86.5 Å². The van der Waals surface area contributed by atoms with Gasteiger partial charge in [-0.1, -0.05) is 23.4 Å². The molecule has 4 heteroatoms. The zero-order valence-corrected chi connectivity index (χ0v) is 8.01. The van der Waals surface area contributed by atoms with Crippen LogP contribution in [-0.4, -0.2) is 11.1 Å². The number of carboxylic acid groups (broad SMARTS) is 1. The van der Waals surface area contributed by atoms with Gasteiger partial charge in [0.25, 0.3) is 0 Å². The zero-order valence-electron chi connectivity index (χ0n) is 7.25. The third-order valence-corrected chi connectivity index (χ3v) is 1.71. The summed E-state index contributed by atoms with van der Waals surface area (Å²) in [5, 5.41) is 8.88. The van der Waals surface area contributed by atoms with Crippen LogP contribution in [0.15, 0.2) is 18.2 Å².